The first-order valence-electron chi connectivity index (χ1n) is 5.37. The summed E-state index contributed by atoms with van der Waals surface area (Å²) in [6.07, 6.45) is 3.83. The monoisotopic (exact) mass is 215 g/mol. The van der Waals surface area contributed by atoms with Gasteiger partial charge in [-0.15, -0.1) is 11.3 Å². The van der Waals surface area contributed by atoms with E-state index in [-0.39, 0.29) is 0 Å². The molecule has 15 heavy (non-hydrogen) atoms. The minimum atomic E-state index is 1.15. The van der Waals surface area contributed by atoms with E-state index in [1.807, 2.05) is 5.51 Å². The third kappa shape index (κ3) is 1.49. The molecule has 0 saturated carbocycles. The van der Waals surface area contributed by atoms with E-state index in [2.05, 4.69) is 30.1 Å². The van der Waals surface area contributed by atoms with Crippen LogP contribution in [0.5, 0.6) is 0 Å². The van der Waals surface area contributed by atoms with Crippen molar-refractivity contribution in [2.75, 3.05) is 0 Å². The highest BCUT2D eigenvalue weighted by molar-refractivity contribution is 7.13. The van der Waals surface area contributed by atoms with E-state index in [1.165, 1.54) is 29.7 Å². The second-order valence-electron chi connectivity index (χ2n) is 4.10. The molecule has 0 bridgehead atoms. The molecule has 0 N–H and O–H groups in total. The second-order valence-corrected chi connectivity index (χ2v) is 4.96. The number of benzene rings is 1. The van der Waals surface area contributed by atoms with Gasteiger partial charge in [0.05, 0.1) is 16.1 Å². The number of hydrogen-bond acceptors (Lipinski definition) is 2. The molecule has 0 saturated heterocycles. The van der Waals surface area contributed by atoms with Crippen LogP contribution in [0.3, 0.4) is 0 Å². The van der Waals surface area contributed by atoms with Gasteiger partial charge in [0.2, 0.25) is 0 Å². The maximum absolute atomic E-state index is 4.31. The van der Waals surface area contributed by atoms with Crippen LogP contribution in [0.4, 0.5) is 0 Å². The van der Waals surface area contributed by atoms with Crippen LogP contribution in [0.15, 0.2) is 23.7 Å². The van der Waals surface area contributed by atoms with E-state index in [0.29, 0.717) is 0 Å². The molecule has 3 rings (SSSR count). The van der Waals surface area contributed by atoms with Gasteiger partial charge in [0.1, 0.15) is 0 Å². The summed E-state index contributed by atoms with van der Waals surface area (Å²) >= 11 is 1.74. The predicted octanol–water partition coefficient (Wildman–Crippen LogP) is 3.61. The maximum atomic E-state index is 4.31. The van der Waals surface area contributed by atoms with E-state index in [4.69, 9.17) is 0 Å². The molecule has 1 aliphatic carbocycles. The summed E-state index contributed by atoms with van der Waals surface area (Å²) in [6.45, 7) is 2.08. The normalized spacial score (nSPS) is 14.2. The highest BCUT2D eigenvalue weighted by Gasteiger charge is 2.12. The fourth-order valence-electron chi connectivity index (χ4n) is 2.29. The van der Waals surface area contributed by atoms with Gasteiger partial charge in [-0.2, -0.15) is 0 Å². The van der Waals surface area contributed by atoms with Gasteiger partial charge in [0.25, 0.3) is 0 Å². The molecule has 1 aliphatic rings. The molecule has 1 heterocycles. The van der Waals surface area contributed by atoms with Crippen molar-refractivity contribution in [3.8, 4) is 10.4 Å². The van der Waals surface area contributed by atoms with Gasteiger partial charge in [-0.05, 0) is 42.9 Å². The first-order chi connectivity index (χ1) is 7.34. The lowest BCUT2D eigenvalue weighted by Crippen LogP contribution is -1.84. The molecule has 1 nitrogen and oxygen atoms in total. The van der Waals surface area contributed by atoms with Crippen LogP contribution in [-0.4, -0.2) is 4.98 Å². The van der Waals surface area contributed by atoms with E-state index in [0.717, 1.165) is 5.69 Å². The summed E-state index contributed by atoms with van der Waals surface area (Å²) in [6, 6.07) is 6.88. The molecular weight excluding hydrogens is 202 g/mol. The molecule has 0 radical (unpaired) electrons. The first kappa shape index (κ1) is 9.10. The van der Waals surface area contributed by atoms with Crippen LogP contribution in [0.25, 0.3) is 10.4 Å². The molecule has 0 aliphatic heterocycles. The van der Waals surface area contributed by atoms with Gasteiger partial charge >= 0.3 is 0 Å². The van der Waals surface area contributed by atoms with Gasteiger partial charge in [-0.1, -0.05) is 18.2 Å². The van der Waals surface area contributed by atoms with Gasteiger partial charge < -0.3 is 0 Å². The smallest absolute Gasteiger partial charge is 0.0801 e. The SMILES string of the molecule is Cc1ncsc1-c1ccc2c(c1)CCC2. The number of aromatic nitrogens is 1. The minimum Gasteiger partial charge on any atom is -0.249 e. The average molecular weight is 215 g/mol. The molecule has 76 valence electrons. The lowest BCUT2D eigenvalue weighted by atomic mass is 10.0. The average Bonchev–Trinajstić information content (AvgIpc) is 2.84. The van der Waals surface area contributed by atoms with Gasteiger partial charge in [0, 0.05) is 0 Å². The molecule has 0 atom stereocenters. The summed E-state index contributed by atoms with van der Waals surface area (Å²) in [5.41, 5.74) is 7.51. The molecular formula is C13H13NS. The Morgan fingerprint density at radius 1 is 1.20 bits per heavy atom. The zero-order valence-electron chi connectivity index (χ0n) is 8.79. The molecule has 2 heteroatoms. The summed E-state index contributed by atoms with van der Waals surface area (Å²) in [5, 5.41) is 0. The van der Waals surface area contributed by atoms with Crippen LogP contribution in [0.2, 0.25) is 0 Å². The third-order valence-corrected chi connectivity index (χ3v) is 4.08. The first-order valence-corrected chi connectivity index (χ1v) is 6.25. The van der Waals surface area contributed by atoms with Crippen molar-refractivity contribution in [3.63, 3.8) is 0 Å². The van der Waals surface area contributed by atoms with Crippen molar-refractivity contribution in [2.45, 2.75) is 26.2 Å². The number of hydrogen-bond donors (Lipinski definition) is 0. The summed E-state index contributed by atoms with van der Waals surface area (Å²) in [5.74, 6) is 0. The molecule has 0 fully saturated rings. The Hall–Kier alpha value is -1.15. The van der Waals surface area contributed by atoms with Crippen LogP contribution in [0, 0.1) is 6.92 Å². The van der Waals surface area contributed by atoms with Crippen molar-refractivity contribution in [1.29, 1.82) is 0 Å². The van der Waals surface area contributed by atoms with Crippen LogP contribution < -0.4 is 0 Å². The number of thiazole rings is 1. The zero-order chi connectivity index (χ0) is 10.3. The number of rotatable bonds is 1. The summed E-state index contributed by atoms with van der Waals surface area (Å²) in [7, 11) is 0. The Kier molecular flexibility index (Phi) is 2.10. The zero-order valence-corrected chi connectivity index (χ0v) is 9.60. The van der Waals surface area contributed by atoms with Gasteiger partial charge in [-0.25, -0.2) is 4.98 Å². The van der Waals surface area contributed by atoms with E-state index < -0.39 is 0 Å². The van der Waals surface area contributed by atoms with Crippen molar-refractivity contribution in [1.82, 2.24) is 4.98 Å². The third-order valence-electron chi connectivity index (χ3n) is 3.11. The van der Waals surface area contributed by atoms with E-state index >= 15 is 0 Å². The highest BCUT2D eigenvalue weighted by Crippen LogP contribution is 2.31. The molecule has 0 spiro atoms. The highest BCUT2D eigenvalue weighted by atomic mass is 32.1. The Morgan fingerprint density at radius 2 is 2.07 bits per heavy atom. The van der Waals surface area contributed by atoms with Crippen LogP contribution in [-0.2, 0) is 12.8 Å². The number of aryl methyl sites for hydroxylation is 3. The minimum absolute atomic E-state index is 1.15. The fourth-order valence-corrected chi connectivity index (χ4v) is 3.09. The Balaban J connectivity index is 2.11. The Morgan fingerprint density at radius 3 is 2.87 bits per heavy atom. The molecule has 0 unspecified atom stereocenters. The topological polar surface area (TPSA) is 12.9 Å². The van der Waals surface area contributed by atoms with Crippen molar-refractivity contribution in [3.05, 3.63) is 40.5 Å². The summed E-state index contributed by atoms with van der Waals surface area (Å²) < 4.78 is 0. The van der Waals surface area contributed by atoms with Gasteiger partial charge in [-0.3, -0.25) is 0 Å². The quantitative estimate of drug-likeness (QED) is 0.708. The summed E-state index contributed by atoms with van der Waals surface area (Å²) in [4.78, 5) is 5.63. The number of fused-ring (bicyclic) bond motifs is 1. The molecule has 1 aromatic heterocycles. The standard InChI is InChI=1S/C13H13NS/c1-9-13(15-8-14-9)12-6-5-10-3-2-4-11(10)7-12/h5-8H,2-4H2,1H3. The van der Waals surface area contributed by atoms with E-state index in [9.17, 15) is 0 Å². The second kappa shape index (κ2) is 3.46. The van der Waals surface area contributed by atoms with Gasteiger partial charge in [0.15, 0.2) is 0 Å². The van der Waals surface area contributed by atoms with Crippen molar-refractivity contribution < 1.29 is 0 Å². The van der Waals surface area contributed by atoms with Crippen LogP contribution in [0.1, 0.15) is 23.2 Å². The number of nitrogens with zero attached hydrogens (tertiary/aromatic N) is 1. The van der Waals surface area contributed by atoms with Crippen molar-refractivity contribution >= 4 is 11.3 Å². The largest absolute Gasteiger partial charge is 0.249 e. The lowest BCUT2D eigenvalue weighted by molar-refractivity contribution is 0.912. The predicted molar refractivity (Wildman–Crippen MR) is 64.3 cm³/mol. The van der Waals surface area contributed by atoms with Crippen LogP contribution >= 0.6 is 11.3 Å². The lowest BCUT2D eigenvalue weighted by Gasteiger charge is -2.03. The molecule has 0 amide bonds. The molecule has 2 aromatic rings. The van der Waals surface area contributed by atoms with Crippen molar-refractivity contribution in [2.24, 2.45) is 0 Å². The molecule has 1 aromatic carbocycles. The van der Waals surface area contributed by atoms with E-state index in [1.54, 1.807) is 22.5 Å². The Labute approximate surface area is 93.8 Å². The Bertz CT molecular complexity index is 499. The maximum Gasteiger partial charge on any atom is 0.0801 e. The fraction of sp³-hybridized carbons (Fsp3) is 0.308.